The first-order valence-corrected chi connectivity index (χ1v) is 6.52. The van der Waals surface area contributed by atoms with Gasteiger partial charge >= 0.3 is 0 Å². The molecule has 0 fully saturated rings. The fourth-order valence-electron chi connectivity index (χ4n) is 1.75. The third kappa shape index (κ3) is 3.68. The van der Waals surface area contributed by atoms with Crippen molar-refractivity contribution in [3.8, 4) is 17.0 Å². The molecule has 0 saturated heterocycles. The molecule has 4 nitrogen and oxygen atoms in total. The zero-order valence-electron chi connectivity index (χ0n) is 11.6. The van der Waals surface area contributed by atoms with Crippen molar-refractivity contribution in [1.29, 1.82) is 0 Å². The molecule has 0 atom stereocenters. The van der Waals surface area contributed by atoms with Crippen molar-refractivity contribution in [2.24, 2.45) is 0 Å². The quantitative estimate of drug-likeness (QED) is 0.892. The van der Waals surface area contributed by atoms with Crippen LogP contribution in [0, 0.1) is 0 Å². The van der Waals surface area contributed by atoms with Gasteiger partial charge in [-0.25, -0.2) is 0 Å². The van der Waals surface area contributed by atoms with Crippen molar-refractivity contribution in [2.45, 2.75) is 26.8 Å². The van der Waals surface area contributed by atoms with Gasteiger partial charge in [-0.2, -0.15) is 0 Å². The van der Waals surface area contributed by atoms with Crippen LogP contribution in [0.1, 0.15) is 20.8 Å². The standard InChI is InChI=1S/C15H19N3O/c1-4-19-13-7-5-12(6-8-13)14-9-10-15(18-17-14)16-11(2)3/h5-11H,4H2,1-3H3,(H,16,18). The Bertz CT molecular complexity index is 506. The van der Waals surface area contributed by atoms with E-state index in [2.05, 4.69) is 29.4 Å². The molecule has 0 radical (unpaired) electrons. The maximum atomic E-state index is 5.41. The second-order valence-electron chi connectivity index (χ2n) is 4.56. The number of nitrogens with zero attached hydrogens (tertiary/aromatic N) is 2. The average Bonchev–Trinajstić information content (AvgIpc) is 2.40. The lowest BCUT2D eigenvalue weighted by Crippen LogP contribution is -2.11. The molecular weight excluding hydrogens is 238 g/mol. The van der Waals surface area contributed by atoms with E-state index in [-0.39, 0.29) is 0 Å². The lowest BCUT2D eigenvalue weighted by atomic mass is 10.1. The van der Waals surface area contributed by atoms with Gasteiger partial charge in [-0.05, 0) is 57.2 Å². The Hall–Kier alpha value is -2.10. The molecule has 0 spiro atoms. The summed E-state index contributed by atoms with van der Waals surface area (Å²) >= 11 is 0. The highest BCUT2D eigenvalue weighted by Crippen LogP contribution is 2.20. The fourth-order valence-corrected chi connectivity index (χ4v) is 1.75. The monoisotopic (exact) mass is 257 g/mol. The summed E-state index contributed by atoms with van der Waals surface area (Å²) in [5.41, 5.74) is 1.89. The molecule has 0 aliphatic heterocycles. The van der Waals surface area contributed by atoms with Crippen molar-refractivity contribution in [1.82, 2.24) is 10.2 Å². The van der Waals surface area contributed by atoms with Gasteiger partial charge in [0.25, 0.3) is 0 Å². The van der Waals surface area contributed by atoms with Crippen LogP contribution in [0.25, 0.3) is 11.3 Å². The van der Waals surface area contributed by atoms with E-state index in [0.29, 0.717) is 12.6 Å². The Morgan fingerprint density at radius 3 is 2.32 bits per heavy atom. The Labute approximate surface area is 113 Å². The molecule has 4 heteroatoms. The summed E-state index contributed by atoms with van der Waals surface area (Å²) in [4.78, 5) is 0. The van der Waals surface area contributed by atoms with Crippen LogP contribution in [-0.2, 0) is 0 Å². The van der Waals surface area contributed by atoms with Gasteiger partial charge < -0.3 is 10.1 Å². The van der Waals surface area contributed by atoms with Crippen molar-refractivity contribution >= 4 is 5.82 Å². The number of benzene rings is 1. The molecule has 1 aromatic carbocycles. The summed E-state index contributed by atoms with van der Waals surface area (Å²) in [5, 5.41) is 11.6. The summed E-state index contributed by atoms with van der Waals surface area (Å²) in [6, 6.07) is 12.1. The van der Waals surface area contributed by atoms with Gasteiger partial charge in [0, 0.05) is 11.6 Å². The molecule has 1 aromatic heterocycles. The summed E-state index contributed by atoms with van der Waals surface area (Å²) in [6.45, 7) is 6.79. The van der Waals surface area contributed by atoms with E-state index >= 15 is 0 Å². The van der Waals surface area contributed by atoms with Gasteiger partial charge in [-0.1, -0.05) is 0 Å². The number of nitrogens with one attached hydrogen (secondary N) is 1. The first-order valence-electron chi connectivity index (χ1n) is 6.52. The number of hydrogen-bond acceptors (Lipinski definition) is 4. The van der Waals surface area contributed by atoms with Crippen LogP contribution < -0.4 is 10.1 Å². The number of ether oxygens (including phenoxy) is 1. The Morgan fingerprint density at radius 1 is 1.05 bits per heavy atom. The second kappa shape index (κ2) is 6.18. The first-order chi connectivity index (χ1) is 9.19. The minimum absolute atomic E-state index is 0.352. The van der Waals surface area contributed by atoms with Crippen molar-refractivity contribution < 1.29 is 4.74 Å². The van der Waals surface area contributed by atoms with Gasteiger partial charge in [0.2, 0.25) is 0 Å². The summed E-state index contributed by atoms with van der Waals surface area (Å²) in [7, 11) is 0. The largest absolute Gasteiger partial charge is 0.494 e. The summed E-state index contributed by atoms with van der Waals surface area (Å²) in [5.74, 6) is 1.67. The topological polar surface area (TPSA) is 47.0 Å². The van der Waals surface area contributed by atoms with Crippen LogP contribution in [-0.4, -0.2) is 22.8 Å². The average molecular weight is 257 g/mol. The minimum atomic E-state index is 0.352. The number of rotatable bonds is 5. The van der Waals surface area contributed by atoms with Crippen molar-refractivity contribution in [2.75, 3.05) is 11.9 Å². The molecule has 0 unspecified atom stereocenters. The highest BCUT2D eigenvalue weighted by molar-refractivity contribution is 5.60. The molecule has 1 heterocycles. The first kappa shape index (κ1) is 13.3. The second-order valence-corrected chi connectivity index (χ2v) is 4.56. The summed E-state index contributed by atoms with van der Waals surface area (Å²) < 4.78 is 5.41. The van der Waals surface area contributed by atoms with Gasteiger partial charge in [0.05, 0.1) is 12.3 Å². The van der Waals surface area contributed by atoms with Crippen molar-refractivity contribution in [3.05, 3.63) is 36.4 Å². The van der Waals surface area contributed by atoms with Crippen molar-refractivity contribution in [3.63, 3.8) is 0 Å². The van der Waals surface area contributed by atoms with Crippen LogP contribution >= 0.6 is 0 Å². The van der Waals surface area contributed by atoms with E-state index in [9.17, 15) is 0 Å². The van der Waals surface area contributed by atoms with Gasteiger partial charge in [-0.15, -0.1) is 10.2 Å². The molecule has 0 aliphatic carbocycles. The maximum Gasteiger partial charge on any atom is 0.148 e. The fraction of sp³-hybridized carbons (Fsp3) is 0.333. The smallest absolute Gasteiger partial charge is 0.148 e. The van der Waals surface area contributed by atoms with E-state index in [4.69, 9.17) is 4.74 Å². The van der Waals surface area contributed by atoms with Gasteiger partial charge in [-0.3, -0.25) is 0 Å². The number of hydrogen-bond donors (Lipinski definition) is 1. The normalized spacial score (nSPS) is 10.5. The highest BCUT2D eigenvalue weighted by atomic mass is 16.5. The Balaban J connectivity index is 2.13. The number of aromatic nitrogens is 2. The number of anilines is 1. The third-order valence-corrected chi connectivity index (χ3v) is 2.56. The van der Waals surface area contributed by atoms with Crippen LogP contribution in [0.5, 0.6) is 5.75 Å². The predicted octanol–water partition coefficient (Wildman–Crippen LogP) is 3.36. The molecule has 0 bridgehead atoms. The van der Waals surface area contributed by atoms with Gasteiger partial charge in [0.15, 0.2) is 0 Å². The Kier molecular flexibility index (Phi) is 4.34. The van der Waals surface area contributed by atoms with E-state index < -0.39 is 0 Å². The molecule has 2 aromatic rings. The van der Waals surface area contributed by atoms with Crippen LogP contribution in [0.15, 0.2) is 36.4 Å². The molecule has 19 heavy (non-hydrogen) atoms. The maximum absolute atomic E-state index is 5.41. The summed E-state index contributed by atoms with van der Waals surface area (Å²) in [6.07, 6.45) is 0. The molecule has 0 amide bonds. The van der Waals surface area contributed by atoms with Crippen LogP contribution in [0.3, 0.4) is 0 Å². The van der Waals surface area contributed by atoms with E-state index in [1.165, 1.54) is 0 Å². The zero-order chi connectivity index (χ0) is 13.7. The SMILES string of the molecule is CCOc1ccc(-c2ccc(NC(C)C)nn2)cc1. The molecule has 2 rings (SSSR count). The molecule has 100 valence electrons. The lowest BCUT2D eigenvalue weighted by Gasteiger charge is -2.08. The van der Waals surface area contributed by atoms with E-state index in [0.717, 1.165) is 22.8 Å². The predicted molar refractivity (Wildman–Crippen MR) is 77.4 cm³/mol. The molecule has 0 aliphatic rings. The third-order valence-electron chi connectivity index (χ3n) is 2.56. The van der Waals surface area contributed by atoms with Crippen LogP contribution in [0.4, 0.5) is 5.82 Å². The molecule has 0 saturated carbocycles. The van der Waals surface area contributed by atoms with Crippen LogP contribution in [0.2, 0.25) is 0 Å². The van der Waals surface area contributed by atoms with Gasteiger partial charge in [0.1, 0.15) is 11.6 Å². The zero-order valence-corrected chi connectivity index (χ0v) is 11.6. The molecule has 1 N–H and O–H groups in total. The van der Waals surface area contributed by atoms with E-state index in [1.807, 2.05) is 43.3 Å². The minimum Gasteiger partial charge on any atom is -0.494 e. The Morgan fingerprint density at radius 2 is 1.79 bits per heavy atom. The highest BCUT2D eigenvalue weighted by Gasteiger charge is 2.02. The lowest BCUT2D eigenvalue weighted by molar-refractivity contribution is 0.340. The van der Waals surface area contributed by atoms with E-state index in [1.54, 1.807) is 0 Å². The molecular formula is C15H19N3O.